The van der Waals surface area contributed by atoms with Gasteiger partial charge in [0.1, 0.15) is 5.69 Å². The van der Waals surface area contributed by atoms with Gasteiger partial charge in [-0.1, -0.05) is 18.2 Å². The Morgan fingerprint density at radius 2 is 2.11 bits per heavy atom. The van der Waals surface area contributed by atoms with Gasteiger partial charge in [0.25, 0.3) is 5.91 Å². The minimum atomic E-state index is -0.407. The number of fused-ring (bicyclic) bond motifs is 1. The number of carbonyl (C=O) groups excluding carboxylic acids is 1. The van der Waals surface area contributed by atoms with E-state index in [1.54, 1.807) is 0 Å². The van der Waals surface area contributed by atoms with E-state index in [2.05, 4.69) is 5.32 Å². The molecule has 0 atom stereocenters. The Morgan fingerprint density at radius 1 is 1.42 bits per heavy atom. The van der Waals surface area contributed by atoms with E-state index in [9.17, 15) is 4.79 Å². The van der Waals surface area contributed by atoms with E-state index < -0.39 is 5.54 Å². The molecule has 1 heterocycles. The van der Waals surface area contributed by atoms with Gasteiger partial charge in [-0.2, -0.15) is 0 Å². The van der Waals surface area contributed by atoms with Gasteiger partial charge in [0.05, 0.1) is 5.52 Å². The third kappa shape index (κ3) is 2.79. The van der Waals surface area contributed by atoms with Crippen LogP contribution in [0.4, 0.5) is 0 Å². The Bertz CT molecular complexity index is 620. The summed E-state index contributed by atoms with van der Waals surface area (Å²) in [5.41, 5.74) is 8.39. The summed E-state index contributed by atoms with van der Waals surface area (Å²) in [6, 6.07) is 7.99. The van der Waals surface area contributed by atoms with E-state index in [1.165, 1.54) is 5.56 Å². The molecule has 0 spiro atoms. The predicted molar refractivity (Wildman–Crippen MR) is 78.3 cm³/mol. The highest BCUT2D eigenvalue weighted by atomic mass is 16.1. The lowest BCUT2D eigenvalue weighted by Crippen LogP contribution is -2.45. The number of nitrogens with one attached hydrogen (secondary N) is 1. The zero-order chi connectivity index (χ0) is 14.2. The van der Waals surface area contributed by atoms with Gasteiger partial charge in [0.2, 0.25) is 0 Å². The third-order valence-corrected chi connectivity index (χ3v) is 3.20. The number of hydrogen-bond donors (Lipinski definition) is 2. The molecule has 0 saturated heterocycles. The Hall–Kier alpha value is -1.81. The van der Waals surface area contributed by atoms with Crippen LogP contribution in [0.15, 0.2) is 24.3 Å². The first-order valence-electron chi connectivity index (χ1n) is 6.42. The standard InChI is InChI=1S/C15H21N3O/c1-10-6-5-7-11-8-12(18(4)13(10)11)14(19)17-9-15(2,3)16/h5-8H,9,16H2,1-4H3,(H,17,19). The van der Waals surface area contributed by atoms with Crippen molar-refractivity contribution in [2.24, 2.45) is 12.8 Å². The Morgan fingerprint density at radius 3 is 2.68 bits per heavy atom. The summed E-state index contributed by atoms with van der Waals surface area (Å²) in [7, 11) is 1.91. The maximum absolute atomic E-state index is 12.2. The molecule has 1 aromatic carbocycles. The Labute approximate surface area is 113 Å². The maximum Gasteiger partial charge on any atom is 0.267 e. The van der Waals surface area contributed by atoms with Crippen LogP contribution < -0.4 is 11.1 Å². The van der Waals surface area contributed by atoms with E-state index in [1.807, 2.05) is 56.7 Å². The molecule has 0 aliphatic carbocycles. The van der Waals surface area contributed by atoms with Gasteiger partial charge in [0.15, 0.2) is 0 Å². The molecule has 3 N–H and O–H groups in total. The fourth-order valence-electron chi connectivity index (χ4n) is 2.24. The number of rotatable bonds is 3. The number of nitrogens with two attached hydrogens (primary N) is 1. The second-order valence-corrected chi connectivity index (χ2v) is 5.77. The Balaban J connectivity index is 2.33. The molecular weight excluding hydrogens is 238 g/mol. The first-order valence-corrected chi connectivity index (χ1v) is 6.42. The zero-order valence-electron chi connectivity index (χ0n) is 11.9. The lowest BCUT2D eigenvalue weighted by atomic mass is 10.1. The molecule has 4 nitrogen and oxygen atoms in total. The molecule has 0 fully saturated rings. The predicted octanol–water partition coefficient (Wildman–Crippen LogP) is 1.95. The molecule has 2 rings (SSSR count). The number of aryl methyl sites for hydroxylation is 2. The summed E-state index contributed by atoms with van der Waals surface area (Å²) < 4.78 is 1.93. The fourth-order valence-corrected chi connectivity index (χ4v) is 2.24. The van der Waals surface area contributed by atoms with Crippen molar-refractivity contribution in [2.75, 3.05) is 6.54 Å². The van der Waals surface area contributed by atoms with Gasteiger partial charge in [-0.3, -0.25) is 4.79 Å². The average molecular weight is 259 g/mol. The molecule has 0 bridgehead atoms. The molecule has 0 unspecified atom stereocenters. The number of para-hydroxylation sites is 1. The van der Waals surface area contributed by atoms with Gasteiger partial charge >= 0.3 is 0 Å². The van der Waals surface area contributed by atoms with Gasteiger partial charge < -0.3 is 15.6 Å². The minimum absolute atomic E-state index is 0.0865. The molecule has 0 saturated carbocycles. The first-order chi connectivity index (χ1) is 8.79. The second kappa shape index (κ2) is 4.70. The Kier molecular flexibility index (Phi) is 3.37. The van der Waals surface area contributed by atoms with Crippen LogP contribution in [0.3, 0.4) is 0 Å². The molecule has 0 radical (unpaired) electrons. The highest BCUT2D eigenvalue weighted by Gasteiger charge is 2.17. The van der Waals surface area contributed by atoms with Gasteiger partial charge in [-0.05, 0) is 32.4 Å². The number of benzene rings is 1. The van der Waals surface area contributed by atoms with E-state index in [0.717, 1.165) is 10.9 Å². The van der Waals surface area contributed by atoms with Crippen molar-refractivity contribution in [2.45, 2.75) is 26.3 Å². The first kappa shape index (κ1) is 13.6. The van der Waals surface area contributed by atoms with Crippen molar-refractivity contribution in [3.05, 3.63) is 35.5 Å². The zero-order valence-corrected chi connectivity index (χ0v) is 11.9. The number of carbonyl (C=O) groups is 1. The molecule has 1 aromatic heterocycles. The smallest absolute Gasteiger partial charge is 0.267 e. The maximum atomic E-state index is 12.2. The van der Waals surface area contributed by atoms with Crippen LogP contribution in [0.5, 0.6) is 0 Å². The van der Waals surface area contributed by atoms with E-state index in [-0.39, 0.29) is 5.91 Å². The minimum Gasteiger partial charge on any atom is -0.349 e. The number of amides is 1. The third-order valence-electron chi connectivity index (χ3n) is 3.20. The van der Waals surface area contributed by atoms with Crippen molar-refractivity contribution >= 4 is 16.8 Å². The summed E-state index contributed by atoms with van der Waals surface area (Å²) >= 11 is 0. The molecule has 0 aliphatic heterocycles. The van der Waals surface area contributed by atoms with Crippen LogP contribution in [0.25, 0.3) is 10.9 Å². The average Bonchev–Trinajstić information content (AvgIpc) is 2.64. The van der Waals surface area contributed by atoms with Crippen molar-refractivity contribution in [1.29, 1.82) is 0 Å². The molecule has 0 aliphatic rings. The summed E-state index contributed by atoms with van der Waals surface area (Å²) in [5.74, 6) is -0.0865. The van der Waals surface area contributed by atoms with Crippen LogP contribution in [-0.4, -0.2) is 22.6 Å². The molecule has 19 heavy (non-hydrogen) atoms. The van der Waals surface area contributed by atoms with Crippen molar-refractivity contribution < 1.29 is 4.79 Å². The number of aromatic nitrogens is 1. The number of hydrogen-bond acceptors (Lipinski definition) is 2. The summed E-state index contributed by atoms with van der Waals surface area (Å²) in [6.07, 6.45) is 0. The highest BCUT2D eigenvalue weighted by molar-refractivity contribution is 5.99. The monoisotopic (exact) mass is 259 g/mol. The fraction of sp³-hybridized carbons (Fsp3) is 0.400. The summed E-state index contributed by atoms with van der Waals surface area (Å²) in [6.45, 7) is 6.27. The van der Waals surface area contributed by atoms with Crippen LogP contribution >= 0.6 is 0 Å². The lowest BCUT2D eigenvalue weighted by molar-refractivity contribution is 0.0938. The van der Waals surface area contributed by atoms with Gasteiger partial charge in [-0.25, -0.2) is 0 Å². The SMILES string of the molecule is Cc1cccc2cc(C(=O)NCC(C)(C)N)n(C)c12. The highest BCUT2D eigenvalue weighted by Crippen LogP contribution is 2.21. The number of nitrogens with zero attached hydrogens (tertiary/aromatic N) is 1. The normalized spacial score (nSPS) is 11.8. The van der Waals surface area contributed by atoms with Crippen LogP contribution in [-0.2, 0) is 7.05 Å². The topological polar surface area (TPSA) is 60.1 Å². The van der Waals surface area contributed by atoms with Gasteiger partial charge in [0, 0.05) is 24.5 Å². The molecule has 4 heteroatoms. The van der Waals surface area contributed by atoms with Crippen LogP contribution in [0.1, 0.15) is 29.9 Å². The van der Waals surface area contributed by atoms with Gasteiger partial charge in [-0.15, -0.1) is 0 Å². The molecule has 102 valence electrons. The molecular formula is C15H21N3O. The van der Waals surface area contributed by atoms with Crippen LogP contribution in [0.2, 0.25) is 0 Å². The summed E-state index contributed by atoms with van der Waals surface area (Å²) in [4.78, 5) is 12.2. The largest absolute Gasteiger partial charge is 0.349 e. The van der Waals surface area contributed by atoms with Crippen molar-refractivity contribution in [1.82, 2.24) is 9.88 Å². The second-order valence-electron chi connectivity index (χ2n) is 5.77. The van der Waals surface area contributed by atoms with Crippen molar-refractivity contribution in [3.63, 3.8) is 0 Å². The van der Waals surface area contributed by atoms with E-state index >= 15 is 0 Å². The lowest BCUT2D eigenvalue weighted by Gasteiger charge is -2.19. The van der Waals surface area contributed by atoms with E-state index in [0.29, 0.717) is 12.2 Å². The van der Waals surface area contributed by atoms with E-state index in [4.69, 9.17) is 5.73 Å². The van der Waals surface area contributed by atoms with Crippen LogP contribution in [0, 0.1) is 6.92 Å². The quantitative estimate of drug-likeness (QED) is 0.885. The van der Waals surface area contributed by atoms with Crippen molar-refractivity contribution in [3.8, 4) is 0 Å². The summed E-state index contributed by atoms with van der Waals surface area (Å²) in [5, 5.41) is 3.96. The molecule has 1 amide bonds. The molecule has 2 aromatic rings.